The first-order valence-electron chi connectivity index (χ1n) is 7.56. The Morgan fingerprint density at radius 1 is 1.08 bits per heavy atom. The van der Waals surface area contributed by atoms with Gasteiger partial charge in [-0.2, -0.15) is 0 Å². The standard InChI is InChI=1S/C19H15N3O3/c1-25-17-9-10-18-15(12-17)7-8-16(21-18)5-3-2-4-14-6-11-19(20-13-14)22(23)24/h2-13H,1H3/b4-2+,5-3+. The highest BCUT2D eigenvalue weighted by Crippen LogP contribution is 2.20. The molecule has 0 N–H and O–H groups in total. The summed E-state index contributed by atoms with van der Waals surface area (Å²) in [6.07, 6.45) is 8.87. The summed E-state index contributed by atoms with van der Waals surface area (Å²) in [7, 11) is 1.64. The minimum Gasteiger partial charge on any atom is -0.497 e. The summed E-state index contributed by atoms with van der Waals surface area (Å²) in [5.74, 6) is 0.641. The van der Waals surface area contributed by atoms with Crippen LogP contribution in [0.5, 0.6) is 5.75 Å². The van der Waals surface area contributed by atoms with E-state index in [0.717, 1.165) is 27.9 Å². The van der Waals surface area contributed by atoms with Gasteiger partial charge in [0.05, 0.1) is 18.3 Å². The molecular formula is C19H15N3O3. The number of hydrogen-bond acceptors (Lipinski definition) is 5. The van der Waals surface area contributed by atoms with Crippen LogP contribution in [-0.4, -0.2) is 22.0 Å². The molecule has 6 nitrogen and oxygen atoms in total. The van der Waals surface area contributed by atoms with Crippen molar-refractivity contribution >= 4 is 28.9 Å². The van der Waals surface area contributed by atoms with Crippen molar-refractivity contribution in [2.24, 2.45) is 0 Å². The van der Waals surface area contributed by atoms with Crippen LogP contribution in [0.3, 0.4) is 0 Å². The van der Waals surface area contributed by atoms with Crippen molar-refractivity contribution in [3.05, 3.63) is 82.2 Å². The van der Waals surface area contributed by atoms with E-state index in [9.17, 15) is 10.1 Å². The molecule has 2 heterocycles. The van der Waals surface area contributed by atoms with E-state index in [0.29, 0.717) is 0 Å². The van der Waals surface area contributed by atoms with Crippen LogP contribution in [0.25, 0.3) is 23.1 Å². The monoisotopic (exact) mass is 333 g/mol. The Labute approximate surface area is 144 Å². The molecule has 2 aromatic heterocycles. The Bertz CT molecular complexity index is 963. The number of benzene rings is 1. The van der Waals surface area contributed by atoms with Gasteiger partial charge in [0.25, 0.3) is 0 Å². The van der Waals surface area contributed by atoms with Gasteiger partial charge in [0, 0.05) is 17.0 Å². The number of ether oxygens (including phenoxy) is 1. The van der Waals surface area contributed by atoms with Crippen molar-refractivity contribution in [3.63, 3.8) is 0 Å². The largest absolute Gasteiger partial charge is 0.497 e. The minimum atomic E-state index is -0.519. The number of hydrogen-bond donors (Lipinski definition) is 0. The van der Waals surface area contributed by atoms with E-state index in [1.807, 2.05) is 54.6 Å². The van der Waals surface area contributed by atoms with E-state index < -0.39 is 4.92 Å². The molecule has 0 radical (unpaired) electrons. The van der Waals surface area contributed by atoms with Crippen molar-refractivity contribution in [1.29, 1.82) is 0 Å². The summed E-state index contributed by atoms with van der Waals surface area (Å²) in [4.78, 5) is 18.4. The fraction of sp³-hybridized carbons (Fsp3) is 0.0526. The van der Waals surface area contributed by atoms with Gasteiger partial charge in [-0.05, 0) is 46.3 Å². The summed E-state index contributed by atoms with van der Waals surface area (Å²) in [6.45, 7) is 0. The Morgan fingerprint density at radius 2 is 1.92 bits per heavy atom. The first-order valence-corrected chi connectivity index (χ1v) is 7.56. The number of methoxy groups -OCH3 is 1. The van der Waals surface area contributed by atoms with Gasteiger partial charge in [-0.3, -0.25) is 0 Å². The lowest BCUT2D eigenvalue weighted by Crippen LogP contribution is -1.90. The first kappa shape index (κ1) is 16.3. The highest BCUT2D eigenvalue weighted by molar-refractivity contribution is 5.81. The molecule has 0 aliphatic heterocycles. The van der Waals surface area contributed by atoms with Gasteiger partial charge in [0.2, 0.25) is 0 Å². The zero-order valence-corrected chi connectivity index (χ0v) is 13.5. The van der Waals surface area contributed by atoms with Crippen LogP contribution >= 0.6 is 0 Å². The molecule has 0 spiro atoms. The molecule has 0 unspecified atom stereocenters. The van der Waals surface area contributed by atoms with Gasteiger partial charge in [0.15, 0.2) is 0 Å². The molecule has 124 valence electrons. The minimum absolute atomic E-state index is 0.162. The maximum atomic E-state index is 10.6. The van der Waals surface area contributed by atoms with E-state index in [-0.39, 0.29) is 5.82 Å². The Kier molecular flexibility index (Phi) is 4.80. The number of pyridine rings is 2. The second-order valence-corrected chi connectivity index (χ2v) is 5.22. The average Bonchev–Trinajstić information content (AvgIpc) is 2.65. The van der Waals surface area contributed by atoms with Crippen molar-refractivity contribution in [2.45, 2.75) is 0 Å². The average molecular weight is 333 g/mol. The van der Waals surface area contributed by atoms with Gasteiger partial charge in [0.1, 0.15) is 11.9 Å². The van der Waals surface area contributed by atoms with Crippen LogP contribution in [0.2, 0.25) is 0 Å². The van der Waals surface area contributed by atoms with E-state index >= 15 is 0 Å². The predicted octanol–water partition coefficient (Wildman–Crippen LogP) is 4.27. The molecule has 0 fully saturated rings. The van der Waals surface area contributed by atoms with Crippen molar-refractivity contribution in [3.8, 4) is 5.75 Å². The summed E-state index contributed by atoms with van der Waals surface area (Å²) in [6, 6.07) is 12.7. The maximum Gasteiger partial charge on any atom is 0.363 e. The number of aromatic nitrogens is 2. The summed E-state index contributed by atoms with van der Waals surface area (Å²) in [5.41, 5.74) is 2.52. The number of fused-ring (bicyclic) bond motifs is 1. The second-order valence-electron chi connectivity index (χ2n) is 5.22. The third-order valence-corrected chi connectivity index (χ3v) is 3.54. The highest BCUT2D eigenvalue weighted by Gasteiger charge is 2.04. The first-order chi connectivity index (χ1) is 12.2. The van der Waals surface area contributed by atoms with Gasteiger partial charge in [-0.1, -0.05) is 24.3 Å². The molecule has 0 aliphatic carbocycles. The van der Waals surface area contributed by atoms with Crippen LogP contribution in [0.4, 0.5) is 5.82 Å². The number of nitro groups is 1. The van der Waals surface area contributed by atoms with Gasteiger partial charge in [-0.15, -0.1) is 0 Å². The molecule has 3 aromatic rings. The van der Waals surface area contributed by atoms with E-state index in [2.05, 4.69) is 9.97 Å². The molecule has 3 rings (SSSR count). The third-order valence-electron chi connectivity index (χ3n) is 3.54. The summed E-state index contributed by atoms with van der Waals surface area (Å²) >= 11 is 0. The molecular weight excluding hydrogens is 318 g/mol. The van der Waals surface area contributed by atoms with Crippen molar-refractivity contribution < 1.29 is 9.66 Å². The Hall–Kier alpha value is -3.54. The number of allylic oxidation sites excluding steroid dienone is 2. The molecule has 0 saturated carbocycles. The molecule has 0 amide bonds. The molecule has 0 saturated heterocycles. The van der Waals surface area contributed by atoms with Crippen molar-refractivity contribution in [2.75, 3.05) is 7.11 Å². The smallest absolute Gasteiger partial charge is 0.363 e. The Morgan fingerprint density at radius 3 is 2.64 bits per heavy atom. The molecule has 0 bridgehead atoms. The van der Waals surface area contributed by atoms with Crippen LogP contribution in [0.1, 0.15) is 11.3 Å². The Balaban J connectivity index is 1.71. The fourth-order valence-corrected chi connectivity index (χ4v) is 2.26. The summed E-state index contributed by atoms with van der Waals surface area (Å²) in [5, 5.41) is 11.6. The topological polar surface area (TPSA) is 78.2 Å². The molecule has 6 heteroatoms. The van der Waals surface area contributed by atoms with Crippen LogP contribution < -0.4 is 4.74 Å². The van der Waals surface area contributed by atoms with Crippen LogP contribution in [0.15, 0.2) is 60.8 Å². The molecule has 25 heavy (non-hydrogen) atoms. The molecule has 0 atom stereocenters. The van der Waals surface area contributed by atoms with Crippen LogP contribution in [-0.2, 0) is 0 Å². The van der Waals surface area contributed by atoms with E-state index in [4.69, 9.17) is 4.74 Å². The highest BCUT2D eigenvalue weighted by atomic mass is 16.6. The predicted molar refractivity (Wildman–Crippen MR) is 97.3 cm³/mol. The van der Waals surface area contributed by atoms with Crippen molar-refractivity contribution in [1.82, 2.24) is 9.97 Å². The lowest BCUT2D eigenvalue weighted by molar-refractivity contribution is -0.389. The lowest BCUT2D eigenvalue weighted by atomic mass is 10.2. The van der Waals surface area contributed by atoms with Gasteiger partial charge < -0.3 is 14.9 Å². The number of nitrogens with zero attached hydrogens (tertiary/aromatic N) is 3. The zero-order chi connectivity index (χ0) is 17.6. The summed E-state index contributed by atoms with van der Waals surface area (Å²) < 4.78 is 5.20. The lowest BCUT2D eigenvalue weighted by Gasteiger charge is -2.02. The quantitative estimate of drug-likeness (QED) is 0.396. The molecule has 0 aliphatic rings. The maximum absolute atomic E-state index is 10.6. The van der Waals surface area contributed by atoms with Gasteiger partial charge >= 0.3 is 5.82 Å². The van der Waals surface area contributed by atoms with E-state index in [1.165, 1.54) is 12.3 Å². The van der Waals surface area contributed by atoms with Gasteiger partial charge in [-0.25, -0.2) is 4.98 Å². The SMILES string of the molecule is COc1ccc2nc(/C=C/C=C/c3ccc([N+](=O)[O-])nc3)ccc2c1. The zero-order valence-electron chi connectivity index (χ0n) is 13.5. The van der Waals surface area contributed by atoms with E-state index in [1.54, 1.807) is 13.2 Å². The normalized spacial score (nSPS) is 11.4. The number of rotatable bonds is 5. The molecule has 1 aromatic carbocycles. The third kappa shape index (κ3) is 4.06. The second kappa shape index (κ2) is 7.35. The fourth-order valence-electron chi connectivity index (χ4n) is 2.26. The van der Waals surface area contributed by atoms with Crippen LogP contribution in [0, 0.1) is 10.1 Å².